The van der Waals surface area contributed by atoms with Gasteiger partial charge in [0.15, 0.2) is 5.60 Å². The molecule has 0 aromatic rings. The number of ether oxygens (including phenoxy) is 2. The van der Waals surface area contributed by atoms with Crippen LogP contribution in [0.25, 0.3) is 0 Å². The van der Waals surface area contributed by atoms with Crippen LogP contribution in [-0.4, -0.2) is 23.6 Å². The molecule has 5 fully saturated rings. The lowest BCUT2D eigenvalue weighted by atomic mass is 9.58. The molecule has 0 aromatic heterocycles. The smallest absolute Gasteiger partial charge is 0.311 e. The summed E-state index contributed by atoms with van der Waals surface area (Å²) < 4.78 is 11.6. The lowest BCUT2D eigenvalue weighted by Crippen LogP contribution is -2.69. The summed E-state index contributed by atoms with van der Waals surface area (Å²) in [6, 6.07) is 0. The molecule has 4 aliphatic heterocycles. The molecule has 1 spiro atoms. The summed E-state index contributed by atoms with van der Waals surface area (Å²) in [7, 11) is 0. The number of hydrogen-bond acceptors (Lipinski definition) is 5. The van der Waals surface area contributed by atoms with E-state index in [9.17, 15) is 4.79 Å². The molecule has 20 heavy (non-hydrogen) atoms. The number of fused-ring (bicyclic) bond motifs is 2. The van der Waals surface area contributed by atoms with E-state index in [1.165, 1.54) is 0 Å². The number of carbonyl (C=O) groups is 1. The molecule has 0 aromatic carbocycles. The maximum Gasteiger partial charge on any atom is 0.311 e. The zero-order valence-corrected chi connectivity index (χ0v) is 12.3. The van der Waals surface area contributed by atoms with Gasteiger partial charge in [0.1, 0.15) is 0 Å². The van der Waals surface area contributed by atoms with Gasteiger partial charge in [0.25, 0.3) is 0 Å². The van der Waals surface area contributed by atoms with Crippen molar-refractivity contribution >= 4 is 5.97 Å². The fraction of sp³-hybridized carbons (Fsp3) is 0.933. The van der Waals surface area contributed by atoms with E-state index >= 15 is 0 Å². The van der Waals surface area contributed by atoms with Crippen molar-refractivity contribution in [1.82, 2.24) is 0 Å². The maximum atomic E-state index is 12.1. The van der Waals surface area contributed by atoms with Gasteiger partial charge in [0.05, 0.1) is 5.92 Å². The van der Waals surface area contributed by atoms with Crippen molar-refractivity contribution in [2.24, 2.45) is 23.7 Å². The van der Waals surface area contributed by atoms with E-state index in [2.05, 4.69) is 6.92 Å². The second-order valence-corrected chi connectivity index (χ2v) is 7.14. The molecule has 0 N–H and O–H groups in total. The first-order valence-corrected chi connectivity index (χ1v) is 7.71. The van der Waals surface area contributed by atoms with Gasteiger partial charge < -0.3 is 9.47 Å². The average molecular weight is 284 g/mol. The van der Waals surface area contributed by atoms with E-state index in [0.29, 0.717) is 11.8 Å². The highest BCUT2D eigenvalue weighted by molar-refractivity contribution is 5.74. The van der Waals surface area contributed by atoms with Crippen LogP contribution in [0, 0.1) is 23.7 Å². The third-order valence-corrected chi connectivity index (χ3v) is 5.97. The summed E-state index contributed by atoms with van der Waals surface area (Å²) in [6.45, 7) is 6.06. The summed E-state index contributed by atoms with van der Waals surface area (Å²) in [5.41, 5.74) is -0.610. The minimum Gasteiger partial charge on any atom is -0.432 e. The van der Waals surface area contributed by atoms with Gasteiger partial charge in [0, 0.05) is 19.7 Å². The molecule has 4 heterocycles. The van der Waals surface area contributed by atoms with Crippen molar-refractivity contribution in [3.05, 3.63) is 0 Å². The van der Waals surface area contributed by atoms with Crippen LogP contribution in [0.5, 0.6) is 0 Å². The number of esters is 1. The minimum absolute atomic E-state index is 0. The molecular formula is C15H24O5. The van der Waals surface area contributed by atoms with Gasteiger partial charge in [-0.15, -0.1) is 0 Å². The molecule has 1 saturated carbocycles. The highest BCUT2D eigenvalue weighted by Gasteiger charge is 2.69. The molecule has 5 heteroatoms. The summed E-state index contributed by atoms with van der Waals surface area (Å²) in [5, 5.41) is 0. The predicted octanol–water partition coefficient (Wildman–Crippen LogP) is 2.64. The van der Waals surface area contributed by atoms with Gasteiger partial charge in [-0.05, 0) is 32.1 Å². The van der Waals surface area contributed by atoms with Crippen LogP contribution in [0.1, 0.15) is 47.9 Å². The van der Waals surface area contributed by atoms with Crippen LogP contribution in [0.15, 0.2) is 0 Å². The van der Waals surface area contributed by atoms with E-state index in [0.717, 1.165) is 25.7 Å². The zero-order chi connectivity index (χ0) is 14.1. The standard InChI is InChI=1S/C15H22O5.H2/c1-8-4-5-11-9(2)12(16)17-13-15(11)10(8)6-7-14(3,18-13)19-20-15;/h8-11,13H,4-7H2,1-3H3;1H/t8-,9-,10?,11?,13-,14?,15?;/m1./s1. The summed E-state index contributed by atoms with van der Waals surface area (Å²) in [6.07, 6.45) is 3.24. The van der Waals surface area contributed by atoms with Crippen molar-refractivity contribution in [2.45, 2.75) is 64.1 Å². The maximum absolute atomic E-state index is 12.1. The summed E-state index contributed by atoms with van der Waals surface area (Å²) in [5.74, 6) is -0.137. The topological polar surface area (TPSA) is 54.0 Å². The summed E-state index contributed by atoms with van der Waals surface area (Å²) in [4.78, 5) is 23.7. The Balaban J connectivity index is 0.00000132. The molecule has 4 saturated heterocycles. The molecular weight excluding hydrogens is 260 g/mol. The lowest BCUT2D eigenvalue weighted by Gasteiger charge is -2.57. The second kappa shape index (κ2) is 3.96. The molecule has 1 aliphatic carbocycles. The van der Waals surface area contributed by atoms with Crippen LogP contribution >= 0.6 is 0 Å². The largest absolute Gasteiger partial charge is 0.432 e. The lowest BCUT2D eigenvalue weighted by molar-refractivity contribution is -0.559. The van der Waals surface area contributed by atoms with Gasteiger partial charge in [0.2, 0.25) is 12.1 Å². The SMILES string of the molecule is C[C@@H]1CCC2[C@@H](C)C(=O)O[C@@H]3OC4(C)CCC1C23OO4.[HH]. The van der Waals surface area contributed by atoms with Crippen molar-refractivity contribution < 1.29 is 25.5 Å². The van der Waals surface area contributed by atoms with E-state index < -0.39 is 17.7 Å². The molecule has 2 bridgehead atoms. The Bertz CT molecular complexity index is 457. The molecule has 0 amide bonds. The number of hydrogen-bond donors (Lipinski definition) is 0. The van der Waals surface area contributed by atoms with Crippen molar-refractivity contribution in [3.63, 3.8) is 0 Å². The first kappa shape index (κ1) is 13.0. The number of carbonyl (C=O) groups excluding carboxylic acids is 1. The fourth-order valence-electron chi connectivity index (χ4n) is 4.76. The van der Waals surface area contributed by atoms with Crippen LogP contribution in [-0.2, 0) is 24.0 Å². The van der Waals surface area contributed by atoms with Gasteiger partial charge in [-0.2, -0.15) is 0 Å². The summed E-state index contributed by atoms with van der Waals surface area (Å²) >= 11 is 0. The highest BCUT2D eigenvalue weighted by Crippen LogP contribution is 2.59. The molecule has 114 valence electrons. The predicted molar refractivity (Wildman–Crippen MR) is 70.2 cm³/mol. The van der Waals surface area contributed by atoms with Gasteiger partial charge in [-0.25, -0.2) is 9.78 Å². The molecule has 5 aliphatic rings. The molecule has 5 rings (SSSR count). The highest BCUT2D eigenvalue weighted by atomic mass is 17.3. The Hall–Kier alpha value is -0.650. The molecule has 5 nitrogen and oxygen atoms in total. The quantitative estimate of drug-likeness (QED) is 0.505. The van der Waals surface area contributed by atoms with Crippen LogP contribution < -0.4 is 0 Å². The van der Waals surface area contributed by atoms with E-state index in [1.807, 2.05) is 13.8 Å². The third-order valence-electron chi connectivity index (χ3n) is 5.97. The van der Waals surface area contributed by atoms with Gasteiger partial charge in [-0.1, -0.05) is 13.8 Å². The van der Waals surface area contributed by atoms with Crippen LogP contribution in [0.2, 0.25) is 0 Å². The first-order chi connectivity index (χ1) is 9.46. The van der Waals surface area contributed by atoms with Crippen molar-refractivity contribution in [3.8, 4) is 0 Å². The Morgan fingerprint density at radius 3 is 2.75 bits per heavy atom. The fourth-order valence-corrected chi connectivity index (χ4v) is 4.76. The van der Waals surface area contributed by atoms with Crippen molar-refractivity contribution in [1.29, 1.82) is 0 Å². The van der Waals surface area contributed by atoms with Crippen LogP contribution in [0.3, 0.4) is 0 Å². The van der Waals surface area contributed by atoms with E-state index in [4.69, 9.17) is 19.2 Å². The van der Waals surface area contributed by atoms with Crippen LogP contribution in [0.4, 0.5) is 0 Å². The average Bonchev–Trinajstić information content (AvgIpc) is 2.63. The third kappa shape index (κ3) is 1.46. The Kier molecular flexibility index (Phi) is 2.58. The van der Waals surface area contributed by atoms with E-state index in [-0.39, 0.29) is 19.2 Å². The first-order valence-electron chi connectivity index (χ1n) is 7.71. The molecule has 7 atom stereocenters. The minimum atomic E-state index is -0.793. The molecule has 0 radical (unpaired) electrons. The second-order valence-electron chi connectivity index (χ2n) is 7.14. The van der Waals surface area contributed by atoms with Gasteiger partial charge in [-0.3, -0.25) is 4.79 Å². The zero-order valence-electron chi connectivity index (χ0n) is 12.3. The monoisotopic (exact) mass is 284 g/mol. The van der Waals surface area contributed by atoms with Crippen molar-refractivity contribution in [2.75, 3.05) is 0 Å². The Morgan fingerprint density at radius 2 is 1.95 bits per heavy atom. The van der Waals surface area contributed by atoms with E-state index in [1.54, 1.807) is 0 Å². The molecule has 4 unspecified atom stereocenters. The normalized spacial score (nSPS) is 57.8. The number of rotatable bonds is 0. The Labute approximate surface area is 120 Å². The Morgan fingerprint density at radius 1 is 1.15 bits per heavy atom. The van der Waals surface area contributed by atoms with Gasteiger partial charge >= 0.3 is 5.97 Å².